The average molecular weight is 365 g/mol. The lowest BCUT2D eigenvalue weighted by atomic mass is 10.1. The topological polar surface area (TPSA) is 121 Å². The minimum atomic E-state index is -1.42. The molecule has 4 N–H and O–H groups in total. The van der Waals surface area contributed by atoms with Crippen molar-refractivity contribution in [1.29, 1.82) is 0 Å². The Kier molecular flexibility index (Phi) is 9.43. The smallest absolute Gasteiger partial charge is 0.197 e. The molecule has 2 fully saturated rings. The number of nitrogens with zero attached hydrogens (tertiary/aromatic N) is 1. The molecule has 0 aromatic heterocycles. The molecule has 2 aliphatic rings. The molecule has 0 aromatic carbocycles. The lowest BCUT2D eigenvalue weighted by molar-refractivity contribution is -0.339. The van der Waals surface area contributed by atoms with Gasteiger partial charge in [0.1, 0.15) is 6.10 Å². The summed E-state index contributed by atoms with van der Waals surface area (Å²) in [5, 5.41) is 40.3. The summed E-state index contributed by atoms with van der Waals surface area (Å²) in [6.07, 6.45) is -2.94. The van der Waals surface area contributed by atoms with Crippen molar-refractivity contribution >= 4 is 0 Å². The molecular formula is C16H31NO8. The van der Waals surface area contributed by atoms with Crippen LogP contribution in [0.15, 0.2) is 13.2 Å². The molecule has 148 valence electrons. The molecule has 0 spiro atoms. The number of rotatable bonds is 7. The molecule has 2 saturated heterocycles. The highest BCUT2D eigenvalue weighted by Gasteiger charge is 2.49. The Balaban J connectivity index is 0.00000151. The van der Waals surface area contributed by atoms with E-state index in [1.165, 1.54) is 5.06 Å². The molecular weight excluding hydrogens is 334 g/mol. The maximum Gasteiger partial charge on any atom is 0.197 e. The highest BCUT2D eigenvalue weighted by atomic mass is 16.8. The van der Waals surface area contributed by atoms with Crippen LogP contribution in [0.5, 0.6) is 0 Å². The van der Waals surface area contributed by atoms with Crippen LogP contribution in [0.25, 0.3) is 0 Å². The molecule has 2 aliphatic heterocycles. The van der Waals surface area contributed by atoms with E-state index >= 15 is 0 Å². The maximum absolute atomic E-state index is 10.1. The minimum Gasteiger partial charge on any atom is -0.394 e. The van der Waals surface area contributed by atoms with Crippen molar-refractivity contribution in [2.24, 2.45) is 0 Å². The van der Waals surface area contributed by atoms with Crippen molar-refractivity contribution in [1.82, 2.24) is 5.06 Å². The SMILES string of the molecule is C=C.CN(C)OC[C@H]1O[C@@](CO)(O[C@@H]2CC(O)CC(CO)O2)C[C@@H]1O. The number of aliphatic hydroxyl groups is 4. The maximum atomic E-state index is 10.1. The minimum absolute atomic E-state index is 0.0602. The molecule has 6 atom stereocenters. The van der Waals surface area contributed by atoms with Gasteiger partial charge in [-0.3, -0.25) is 4.84 Å². The molecule has 0 amide bonds. The van der Waals surface area contributed by atoms with Crippen molar-refractivity contribution in [2.45, 2.75) is 55.8 Å². The van der Waals surface area contributed by atoms with E-state index in [4.69, 9.17) is 19.0 Å². The quantitative estimate of drug-likeness (QED) is 0.332. The first-order chi connectivity index (χ1) is 11.9. The normalized spacial score (nSPS) is 38.4. The summed E-state index contributed by atoms with van der Waals surface area (Å²) >= 11 is 0. The molecule has 2 rings (SSSR count). The second-order valence-corrected chi connectivity index (χ2v) is 6.22. The van der Waals surface area contributed by atoms with Crippen LogP contribution in [0.2, 0.25) is 0 Å². The third-order valence-corrected chi connectivity index (χ3v) is 3.95. The summed E-state index contributed by atoms with van der Waals surface area (Å²) in [6, 6.07) is 0. The largest absolute Gasteiger partial charge is 0.394 e. The van der Waals surface area contributed by atoms with Crippen molar-refractivity contribution in [3.05, 3.63) is 13.2 Å². The van der Waals surface area contributed by atoms with Gasteiger partial charge in [-0.15, -0.1) is 13.2 Å². The third kappa shape index (κ3) is 6.55. The van der Waals surface area contributed by atoms with Crippen molar-refractivity contribution < 1.29 is 39.5 Å². The van der Waals surface area contributed by atoms with Crippen LogP contribution in [0.1, 0.15) is 19.3 Å². The predicted octanol–water partition coefficient (Wildman–Crippen LogP) is -1.00. The van der Waals surface area contributed by atoms with Crippen LogP contribution < -0.4 is 0 Å². The monoisotopic (exact) mass is 365 g/mol. The van der Waals surface area contributed by atoms with Crippen molar-refractivity contribution in [2.75, 3.05) is 33.9 Å². The second-order valence-electron chi connectivity index (χ2n) is 6.22. The van der Waals surface area contributed by atoms with Gasteiger partial charge in [-0.25, -0.2) is 0 Å². The van der Waals surface area contributed by atoms with Gasteiger partial charge in [-0.2, -0.15) is 5.06 Å². The zero-order valence-corrected chi connectivity index (χ0v) is 14.9. The summed E-state index contributed by atoms with van der Waals surface area (Å²) in [5.41, 5.74) is 0. The highest BCUT2D eigenvalue weighted by molar-refractivity contribution is 4.89. The lowest BCUT2D eigenvalue weighted by Gasteiger charge is -2.37. The van der Waals surface area contributed by atoms with E-state index < -0.39 is 43.1 Å². The molecule has 0 bridgehead atoms. The van der Waals surface area contributed by atoms with Gasteiger partial charge in [0.25, 0.3) is 0 Å². The fraction of sp³-hybridized carbons (Fsp3) is 0.875. The van der Waals surface area contributed by atoms with E-state index in [0.29, 0.717) is 6.42 Å². The van der Waals surface area contributed by atoms with Gasteiger partial charge in [-0.1, -0.05) is 0 Å². The summed E-state index contributed by atoms with van der Waals surface area (Å²) < 4.78 is 16.9. The van der Waals surface area contributed by atoms with Gasteiger partial charge in [0.05, 0.1) is 38.1 Å². The number of hydrogen-bond donors (Lipinski definition) is 4. The zero-order chi connectivity index (χ0) is 19.0. The average Bonchev–Trinajstić information content (AvgIpc) is 2.90. The van der Waals surface area contributed by atoms with E-state index in [1.807, 2.05) is 0 Å². The van der Waals surface area contributed by atoms with E-state index in [9.17, 15) is 20.4 Å². The van der Waals surface area contributed by atoms with Crippen LogP contribution in [-0.4, -0.2) is 95.9 Å². The number of hydroxylamine groups is 2. The van der Waals surface area contributed by atoms with Gasteiger partial charge in [-0.05, 0) is 0 Å². The van der Waals surface area contributed by atoms with Gasteiger partial charge >= 0.3 is 0 Å². The standard InChI is InChI=1S/C14H27NO8.C2H4/c1-15(2)20-7-12-11(19)5-14(8-17,22-12)23-13-4-9(18)3-10(6-16)21-13;1-2/h9-13,16-19H,3-8H2,1-2H3;1-2H2/t9?,10?,11-,12+,13+,14+;/m0./s1. The van der Waals surface area contributed by atoms with Crippen molar-refractivity contribution in [3.63, 3.8) is 0 Å². The lowest BCUT2D eigenvalue weighted by Crippen LogP contribution is -2.47. The molecule has 0 aromatic rings. The summed E-state index contributed by atoms with van der Waals surface area (Å²) in [4.78, 5) is 5.28. The Morgan fingerprint density at radius 3 is 2.44 bits per heavy atom. The predicted molar refractivity (Wildman–Crippen MR) is 88.3 cm³/mol. The first-order valence-electron chi connectivity index (χ1n) is 8.26. The van der Waals surface area contributed by atoms with E-state index in [-0.39, 0.29) is 26.1 Å². The van der Waals surface area contributed by atoms with Gasteiger partial charge in [0, 0.05) is 33.4 Å². The Bertz CT molecular complexity index is 385. The summed E-state index contributed by atoms with van der Waals surface area (Å²) in [6.45, 7) is 5.42. The van der Waals surface area contributed by atoms with Crippen LogP contribution in [-0.2, 0) is 19.0 Å². The van der Waals surface area contributed by atoms with Gasteiger partial charge in [0.2, 0.25) is 0 Å². The molecule has 0 saturated carbocycles. The summed E-state index contributed by atoms with van der Waals surface area (Å²) in [5.74, 6) is -1.42. The highest BCUT2D eigenvalue weighted by Crippen LogP contribution is 2.35. The molecule has 2 heterocycles. The molecule has 2 unspecified atom stereocenters. The molecule has 9 nitrogen and oxygen atoms in total. The first-order valence-corrected chi connectivity index (χ1v) is 8.26. The van der Waals surface area contributed by atoms with Crippen molar-refractivity contribution in [3.8, 4) is 0 Å². The Morgan fingerprint density at radius 1 is 1.20 bits per heavy atom. The third-order valence-electron chi connectivity index (χ3n) is 3.95. The van der Waals surface area contributed by atoms with Gasteiger partial charge < -0.3 is 34.6 Å². The van der Waals surface area contributed by atoms with E-state index in [0.717, 1.165) is 0 Å². The number of hydrogen-bond acceptors (Lipinski definition) is 9. The van der Waals surface area contributed by atoms with Crippen LogP contribution in [0, 0.1) is 0 Å². The fourth-order valence-electron chi connectivity index (χ4n) is 2.82. The second kappa shape index (κ2) is 10.5. The molecule has 25 heavy (non-hydrogen) atoms. The molecule has 0 radical (unpaired) electrons. The van der Waals surface area contributed by atoms with Gasteiger partial charge in [0.15, 0.2) is 12.1 Å². The number of aliphatic hydroxyl groups excluding tert-OH is 4. The Labute approximate surface area is 148 Å². The van der Waals surface area contributed by atoms with E-state index in [2.05, 4.69) is 13.2 Å². The number of ether oxygens (including phenoxy) is 3. The first kappa shape index (κ1) is 22.4. The molecule has 0 aliphatic carbocycles. The summed E-state index contributed by atoms with van der Waals surface area (Å²) in [7, 11) is 3.42. The zero-order valence-electron chi connectivity index (χ0n) is 14.9. The van der Waals surface area contributed by atoms with Crippen LogP contribution in [0.4, 0.5) is 0 Å². The fourth-order valence-corrected chi connectivity index (χ4v) is 2.82. The van der Waals surface area contributed by atoms with Crippen LogP contribution >= 0.6 is 0 Å². The van der Waals surface area contributed by atoms with E-state index in [1.54, 1.807) is 14.1 Å². The Hall–Kier alpha value is -0.620. The Morgan fingerprint density at radius 2 is 1.88 bits per heavy atom. The molecule has 9 heteroatoms. The van der Waals surface area contributed by atoms with Crippen LogP contribution in [0.3, 0.4) is 0 Å².